The number of nitrogens with one attached hydrogen (secondary N) is 1. The van der Waals surface area contributed by atoms with Gasteiger partial charge in [0.2, 0.25) is 18.6 Å². The topological polar surface area (TPSA) is 67.9 Å². The van der Waals surface area contributed by atoms with E-state index in [9.17, 15) is 9.59 Å². The maximum atomic E-state index is 13.7. The van der Waals surface area contributed by atoms with E-state index in [1.165, 1.54) is 0 Å². The Labute approximate surface area is 210 Å². The van der Waals surface area contributed by atoms with E-state index in [1.54, 1.807) is 11.0 Å². The van der Waals surface area contributed by atoms with Crippen LogP contribution in [-0.4, -0.2) is 36.1 Å². The highest BCUT2D eigenvalue weighted by atomic mass is 35.5. The molecule has 0 aliphatic carbocycles. The lowest BCUT2D eigenvalue weighted by atomic mass is 10.0. The molecule has 6 nitrogen and oxygen atoms in total. The van der Waals surface area contributed by atoms with Crippen molar-refractivity contribution in [2.45, 2.75) is 38.8 Å². The van der Waals surface area contributed by atoms with Gasteiger partial charge in [0.05, 0.1) is 0 Å². The summed E-state index contributed by atoms with van der Waals surface area (Å²) in [6.07, 6.45) is 1.17. The van der Waals surface area contributed by atoms with Crippen molar-refractivity contribution in [2.75, 3.05) is 13.3 Å². The molecule has 3 aromatic rings. The number of ether oxygens (including phenoxy) is 2. The normalized spacial score (nSPS) is 12.7. The van der Waals surface area contributed by atoms with Gasteiger partial charge in [0.15, 0.2) is 11.5 Å². The summed E-state index contributed by atoms with van der Waals surface area (Å²) in [4.78, 5) is 28.5. The first-order valence-electron chi connectivity index (χ1n) is 11.8. The Bertz CT molecular complexity index is 1170. The van der Waals surface area contributed by atoms with Crippen LogP contribution < -0.4 is 14.8 Å². The zero-order valence-corrected chi connectivity index (χ0v) is 20.5. The molecule has 0 radical (unpaired) electrons. The summed E-state index contributed by atoms with van der Waals surface area (Å²) in [7, 11) is 0. The van der Waals surface area contributed by atoms with Crippen molar-refractivity contribution in [3.05, 3.63) is 94.5 Å². The van der Waals surface area contributed by atoms with E-state index in [2.05, 4.69) is 5.32 Å². The molecule has 0 bridgehead atoms. The number of carbonyl (C=O) groups excluding carboxylic acids is 2. The lowest BCUT2D eigenvalue weighted by Crippen LogP contribution is -2.50. The summed E-state index contributed by atoms with van der Waals surface area (Å²) >= 11 is 6.44. The molecule has 4 rings (SSSR count). The molecule has 1 N–H and O–H groups in total. The Balaban J connectivity index is 1.59. The Morgan fingerprint density at radius 3 is 2.49 bits per heavy atom. The number of aryl methyl sites for hydroxylation is 1. The van der Waals surface area contributed by atoms with Crippen LogP contribution in [0.2, 0.25) is 5.02 Å². The van der Waals surface area contributed by atoms with Gasteiger partial charge >= 0.3 is 0 Å². The minimum absolute atomic E-state index is 0.116. The van der Waals surface area contributed by atoms with Crippen LogP contribution in [-0.2, 0) is 29.0 Å². The first kappa shape index (κ1) is 24.6. The van der Waals surface area contributed by atoms with Crippen molar-refractivity contribution in [1.29, 1.82) is 0 Å². The van der Waals surface area contributed by atoms with Crippen LogP contribution in [0.3, 0.4) is 0 Å². The van der Waals surface area contributed by atoms with Gasteiger partial charge in [-0.2, -0.15) is 0 Å². The average molecular weight is 493 g/mol. The quantitative estimate of drug-likeness (QED) is 0.442. The number of halogens is 1. The molecule has 3 aromatic carbocycles. The first-order valence-corrected chi connectivity index (χ1v) is 12.2. The second-order valence-corrected chi connectivity index (χ2v) is 8.81. The molecule has 0 saturated heterocycles. The van der Waals surface area contributed by atoms with Crippen LogP contribution in [0, 0.1) is 0 Å². The molecule has 1 aliphatic heterocycles. The molecule has 0 aromatic heterocycles. The van der Waals surface area contributed by atoms with Crippen LogP contribution in [0.4, 0.5) is 0 Å². The highest BCUT2D eigenvalue weighted by Crippen LogP contribution is 2.33. The second kappa shape index (κ2) is 11.8. The fourth-order valence-electron chi connectivity index (χ4n) is 4.15. The molecule has 0 unspecified atom stereocenters. The standard InChI is InChI=1S/C28H29ClN2O4/c1-2-30-28(33)24(16-20-8-4-3-5-9-20)31(18-22-10-6-7-11-23(22)29)27(32)15-13-21-12-14-25-26(17-21)35-19-34-25/h3-12,14,17,24H,2,13,15-16,18-19H2,1H3,(H,30,33)/t24-/m0/s1. The molecule has 0 spiro atoms. The second-order valence-electron chi connectivity index (χ2n) is 8.40. The molecule has 7 heteroatoms. The van der Waals surface area contributed by atoms with E-state index in [0.29, 0.717) is 35.9 Å². The molecule has 1 aliphatic rings. The molecule has 2 amide bonds. The van der Waals surface area contributed by atoms with Crippen molar-refractivity contribution in [3.8, 4) is 11.5 Å². The van der Waals surface area contributed by atoms with Gasteiger partial charge in [-0.05, 0) is 48.2 Å². The number of benzene rings is 3. The lowest BCUT2D eigenvalue weighted by Gasteiger charge is -2.32. The zero-order valence-electron chi connectivity index (χ0n) is 19.7. The lowest BCUT2D eigenvalue weighted by molar-refractivity contribution is -0.141. The zero-order chi connectivity index (χ0) is 24.6. The first-order chi connectivity index (χ1) is 17.0. The minimum Gasteiger partial charge on any atom is -0.454 e. The number of fused-ring (bicyclic) bond motifs is 1. The number of carbonyl (C=O) groups is 2. The summed E-state index contributed by atoms with van der Waals surface area (Å²) in [6, 6.07) is 22.2. The number of nitrogens with zero attached hydrogens (tertiary/aromatic N) is 1. The largest absolute Gasteiger partial charge is 0.454 e. The number of hydrogen-bond acceptors (Lipinski definition) is 4. The summed E-state index contributed by atoms with van der Waals surface area (Å²) in [5, 5.41) is 3.47. The fourth-order valence-corrected chi connectivity index (χ4v) is 4.34. The Morgan fingerprint density at radius 1 is 0.971 bits per heavy atom. The molecule has 35 heavy (non-hydrogen) atoms. The Morgan fingerprint density at radius 2 is 1.71 bits per heavy atom. The van der Waals surface area contributed by atoms with Crippen LogP contribution in [0.5, 0.6) is 11.5 Å². The fraction of sp³-hybridized carbons (Fsp3) is 0.286. The molecule has 182 valence electrons. The molecular weight excluding hydrogens is 464 g/mol. The van der Waals surface area contributed by atoms with Crippen molar-refractivity contribution in [2.24, 2.45) is 0 Å². The van der Waals surface area contributed by atoms with E-state index in [1.807, 2.05) is 73.7 Å². The summed E-state index contributed by atoms with van der Waals surface area (Å²) in [5.74, 6) is 1.10. The van der Waals surface area contributed by atoms with Crippen molar-refractivity contribution in [3.63, 3.8) is 0 Å². The van der Waals surface area contributed by atoms with Gasteiger partial charge < -0.3 is 19.7 Å². The van der Waals surface area contributed by atoms with Crippen LogP contribution in [0.25, 0.3) is 0 Å². The third kappa shape index (κ3) is 6.34. The van der Waals surface area contributed by atoms with Crippen molar-refractivity contribution >= 4 is 23.4 Å². The molecule has 0 saturated carbocycles. The highest BCUT2D eigenvalue weighted by molar-refractivity contribution is 6.31. The third-order valence-corrected chi connectivity index (χ3v) is 6.35. The van der Waals surface area contributed by atoms with E-state index in [0.717, 1.165) is 16.7 Å². The van der Waals surface area contributed by atoms with Crippen LogP contribution >= 0.6 is 11.6 Å². The maximum Gasteiger partial charge on any atom is 0.243 e. The monoisotopic (exact) mass is 492 g/mol. The minimum atomic E-state index is -0.669. The average Bonchev–Trinajstić information content (AvgIpc) is 3.34. The summed E-state index contributed by atoms with van der Waals surface area (Å²) < 4.78 is 10.8. The Hall–Kier alpha value is -3.51. The van der Waals surface area contributed by atoms with Crippen LogP contribution in [0.1, 0.15) is 30.0 Å². The van der Waals surface area contributed by atoms with Gasteiger partial charge in [-0.15, -0.1) is 0 Å². The van der Waals surface area contributed by atoms with E-state index >= 15 is 0 Å². The van der Waals surface area contributed by atoms with Gasteiger partial charge in [-0.3, -0.25) is 9.59 Å². The molecule has 1 atom stereocenters. The van der Waals surface area contributed by atoms with Crippen LogP contribution in [0.15, 0.2) is 72.8 Å². The number of amides is 2. The summed E-state index contributed by atoms with van der Waals surface area (Å²) in [5.41, 5.74) is 2.75. The molecule has 1 heterocycles. The molecular formula is C28H29ClN2O4. The van der Waals surface area contributed by atoms with E-state index in [-0.39, 0.29) is 31.6 Å². The van der Waals surface area contributed by atoms with Gasteiger partial charge in [0.25, 0.3) is 0 Å². The van der Waals surface area contributed by atoms with Gasteiger partial charge in [-0.1, -0.05) is 66.2 Å². The Kier molecular flexibility index (Phi) is 8.27. The van der Waals surface area contributed by atoms with Gasteiger partial charge in [-0.25, -0.2) is 0 Å². The highest BCUT2D eigenvalue weighted by Gasteiger charge is 2.30. The predicted molar refractivity (Wildman–Crippen MR) is 136 cm³/mol. The number of likely N-dealkylation sites (N-methyl/N-ethyl adjacent to an activating group) is 1. The predicted octanol–water partition coefficient (Wildman–Crippen LogP) is 4.78. The van der Waals surface area contributed by atoms with Crippen molar-refractivity contribution in [1.82, 2.24) is 10.2 Å². The number of hydrogen-bond donors (Lipinski definition) is 1. The smallest absolute Gasteiger partial charge is 0.243 e. The van der Waals surface area contributed by atoms with Gasteiger partial charge in [0, 0.05) is 31.0 Å². The van der Waals surface area contributed by atoms with Gasteiger partial charge in [0.1, 0.15) is 6.04 Å². The van der Waals surface area contributed by atoms with E-state index < -0.39 is 6.04 Å². The SMILES string of the molecule is CCNC(=O)[C@H](Cc1ccccc1)N(Cc1ccccc1Cl)C(=O)CCc1ccc2c(c1)OCO2. The number of rotatable bonds is 10. The van der Waals surface area contributed by atoms with Crippen molar-refractivity contribution < 1.29 is 19.1 Å². The molecule has 0 fully saturated rings. The summed E-state index contributed by atoms with van der Waals surface area (Å²) in [6.45, 7) is 2.80. The maximum absolute atomic E-state index is 13.7. The third-order valence-electron chi connectivity index (χ3n) is 5.99. The van der Waals surface area contributed by atoms with E-state index in [4.69, 9.17) is 21.1 Å².